The van der Waals surface area contributed by atoms with E-state index < -0.39 is 40.2 Å². The van der Waals surface area contributed by atoms with Crippen molar-refractivity contribution in [1.29, 1.82) is 0 Å². The maximum atomic E-state index is 13.5. The van der Waals surface area contributed by atoms with Crippen LogP contribution in [0.2, 0.25) is 0 Å². The lowest BCUT2D eigenvalue weighted by atomic mass is 10.0. The van der Waals surface area contributed by atoms with Crippen LogP contribution in [-0.2, 0) is 53.1 Å². The van der Waals surface area contributed by atoms with E-state index in [9.17, 15) is 22.8 Å². The van der Waals surface area contributed by atoms with Gasteiger partial charge in [-0.1, -0.05) is 66.9 Å². The predicted octanol–water partition coefficient (Wildman–Crippen LogP) is 6.73. The Labute approximate surface area is 334 Å². The maximum absolute atomic E-state index is 13.5. The molecule has 2 amide bonds. The molecule has 2 atom stereocenters. The number of carbonyl (C=O) groups is 3. The second kappa shape index (κ2) is 22.8. The van der Waals surface area contributed by atoms with E-state index in [4.69, 9.17) is 28.0 Å². The summed E-state index contributed by atoms with van der Waals surface area (Å²) in [5.41, 5.74) is 7.04. The lowest BCUT2D eigenvalue weighted by Crippen LogP contribution is -2.50. The number of ether oxygens (including phenoxy) is 5. The molecule has 1 unspecified atom stereocenters. The molecule has 0 saturated carbocycles. The minimum Gasteiger partial charge on any atom is -0.516 e. The third-order valence-electron chi connectivity index (χ3n) is 8.81. The van der Waals surface area contributed by atoms with Gasteiger partial charge in [-0.25, -0.2) is 9.59 Å². The Balaban J connectivity index is 1.36. The molecule has 0 aliphatic heterocycles. The topological polar surface area (TPSA) is 179 Å². The monoisotopic (exact) mass is 804 g/mol. The zero-order chi connectivity index (χ0) is 41.0. The van der Waals surface area contributed by atoms with E-state index in [0.717, 1.165) is 22.3 Å². The van der Waals surface area contributed by atoms with Crippen LogP contribution in [0.25, 0.3) is 5.48 Å². The lowest BCUT2D eigenvalue weighted by molar-refractivity contribution is -0.147. The molecule has 0 bridgehead atoms. The predicted molar refractivity (Wildman–Crippen MR) is 212 cm³/mol. The largest absolute Gasteiger partial charge is 0.516 e. The third-order valence-corrected chi connectivity index (χ3v) is 9.97. The lowest BCUT2D eigenvalue weighted by Gasteiger charge is -2.23. The Morgan fingerprint density at radius 2 is 1.18 bits per heavy atom. The van der Waals surface area contributed by atoms with E-state index in [1.54, 1.807) is 82.0 Å². The molecule has 57 heavy (non-hydrogen) atoms. The quantitative estimate of drug-likeness (QED) is 0.0461. The number of nitrogens with zero attached hydrogens (tertiary/aromatic N) is 1. The van der Waals surface area contributed by atoms with Crippen LogP contribution in [0.3, 0.4) is 0 Å². The highest BCUT2D eigenvalue weighted by Gasteiger charge is 2.24. The van der Waals surface area contributed by atoms with Crippen LogP contribution in [-0.4, -0.2) is 66.3 Å². The van der Waals surface area contributed by atoms with E-state index in [0.29, 0.717) is 36.5 Å². The number of hydroxylamine groups is 1. The minimum atomic E-state index is -4.07. The fourth-order valence-corrected chi connectivity index (χ4v) is 6.28. The Kier molecular flexibility index (Phi) is 17.6. The summed E-state index contributed by atoms with van der Waals surface area (Å²) in [4.78, 5) is 39.7. The zero-order valence-corrected chi connectivity index (χ0v) is 33.4. The molecule has 15 heteroatoms. The van der Waals surface area contributed by atoms with Crippen molar-refractivity contribution in [1.82, 2.24) is 10.6 Å². The Bertz CT molecular complexity index is 1960. The van der Waals surface area contributed by atoms with Crippen LogP contribution in [0, 0.1) is 6.92 Å². The van der Waals surface area contributed by atoms with Crippen molar-refractivity contribution >= 4 is 28.1 Å². The van der Waals surface area contributed by atoms with E-state index in [1.807, 2.05) is 31.2 Å². The highest BCUT2D eigenvalue weighted by atomic mass is 32.2. The summed E-state index contributed by atoms with van der Waals surface area (Å²) in [6.07, 6.45) is 1.54. The summed E-state index contributed by atoms with van der Waals surface area (Å²) < 4.78 is 56.5. The smallest absolute Gasteiger partial charge is 0.329 e. The van der Waals surface area contributed by atoms with Crippen molar-refractivity contribution in [3.63, 3.8) is 0 Å². The number of urea groups is 1. The summed E-state index contributed by atoms with van der Waals surface area (Å²) in [6, 6.07) is 25.5. The standard InChI is InChI=1S/C42H50N3O11S/c1-30-8-23-38(24-9-30)57(49,50)56-43-26-6-5-7-39(41(47)55-29-33-14-21-37(53-4)22-15-33)45-42(48)44-34(27-31-10-17-35(51-2)18-11-31)16-25-40(46)54-28-32-12-19-36(52-3)20-13-32/h8-15,17-24,34,39H,5-7,16,25-29H2,1-4H3,(H2,44,45,48)/q-1/t34?,39-/m0/s1. The number of esters is 2. The van der Waals surface area contributed by atoms with Gasteiger partial charge in [0.25, 0.3) is 10.1 Å². The first-order valence-electron chi connectivity index (χ1n) is 18.4. The van der Waals surface area contributed by atoms with Crippen LogP contribution in [0.1, 0.15) is 54.4 Å². The maximum Gasteiger partial charge on any atom is 0.329 e. The Hall–Kier alpha value is -5.64. The fourth-order valence-electron chi connectivity index (χ4n) is 5.51. The number of nitrogens with one attached hydrogen (secondary N) is 2. The highest BCUT2D eigenvalue weighted by Crippen LogP contribution is 2.19. The highest BCUT2D eigenvalue weighted by molar-refractivity contribution is 7.86. The van der Waals surface area contributed by atoms with Gasteiger partial charge in [0.2, 0.25) is 0 Å². The number of rotatable bonds is 23. The minimum absolute atomic E-state index is 0.0116. The number of aryl methyl sites for hydroxylation is 1. The average Bonchev–Trinajstić information content (AvgIpc) is 3.22. The van der Waals surface area contributed by atoms with Crippen LogP contribution in [0.4, 0.5) is 4.79 Å². The van der Waals surface area contributed by atoms with Crippen molar-refractivity contribution in [2.24, 2.45) is 0 Å². The molecule has 4 aromatic carbocycles. The first-order valence-corrected chi connectivity index (χ1v) is 19.8. The summed E-state index contributed by atoms with van der Waals surface area (Å²) in [7, 11) is 0.624. The molecule has 14 nitrogen and oxygen atoms in total. The van der Waals surface area contributed by atoms with E-state index in [2.05, 4.69) is 16.1 Å². The van der Waals surface area contributed by atoms with Crippen LogP contribution >= 0.6 is 0 Å². The Morgan fingerprint density at radius 1 is 0.649 bits per heavy atom. The zero-order valence-electron chi connectivity index (χ0n) is 32.6. The van der Waals surface area contributed by atoms with Gasteiger partial charge in [0.1, 0.15) is 36.5 Å². The van der Waals surface area contributed by atoms with Gasteiger partial charge in [-0.3, -0.25) is 4.79 Å². The van der Waals surface area contributed by atoms with Gasteiger partial charge in [0, 0.05) is 12.5 Å². The normalized spacial score (nSPS) is 12.1. The van der Waals surface area contributed by atoms with Gasteiger partial charge in [0.05, 0.1) is 26.2 Å². The average molecular weight is 805 g/mol. The number of hydrogen-bond acceptors (Lipinski definition) is 11. The molecule has 0 radical (unpaired) electrons. The molecule has 0 fully saturated rings. The van der Waals surface area contributed by atoms with Crippen molar-refractivity contribution in [2.75, 3.05) is 27.9 Å². The molecule has 0 aromatic heterocycles. The summed E-state index contributed by atoms with van der Waals surface area (Å²) in [5.74, 6) is 0.915. The summed E-state index contributed by atoms with van der Waals surface area (Å²) in [5, 5.41) is 5.67. The van der Waals surface area contributed by atoms with Gasteiger partial charge in [-0.2, -0.15) is 8.42 Å². The van der Waals surface area contributed by atoms with Crippen LogP contribution < -0.4 is 24.8 Å². The van der Waals surface area contributed by atoms with E-state index in [-0.39, 0.29) is 43.9 Å². The fraction of sp³-hybridized carbons (Fsp3) is 0.357. The van der Waals surface area contributed by atoms with Crippen molar-refractivity contribution < 1.29 is 50.8 Å². The second-order valence-corrected chi connectivity index (χ2v) is 14.6. The van der Waals surface area contributed by atoms with Crippen molar-refractivity contribution in [3.8, 4) is 17.2 Å². The molecule has 0 aliphatic carbocycles. The van der Waals surface area contributed by atoms with E-state index >= 15 is 0 Å². The van der Waals surface area contributed by atoms with Crippen LogP contribution in [0.5, 0.6) is 17.2 Å². The van der Waals surface area contributed by atoms with Gasteiger partial charge in [-0.05, 0) is 91.4 Å². The van der Waals surface area contributed by atoms with Crippen molar-refractivity contribution in [2.45, 2.75) is 75.6 Å². The number of methoxy groups -OCH3 is 3. The number of unbranched alkanes of at least 4 members (excludes halogenated alkanes) is 1. The number of benzene rings is 4. The molecule has 0 saturated heterocycles. The number of amides is 2. The molecular weight excluding hydrogens is 755 g/mol. The Morgan fingerprint density at radius 3 is 1.72 bits per heavy atom. The van der Waals surface area contributed by atoms with Gasteiger partial charge in [-0.15, -0.1) is 6.54 Å². The first kappa shape index (κ1) is 44.1. The van der Waals surface area contributed by atoms with Gasteiger partial charge < -0.3 is 44.1 Å². The SMILES string of the molecule is COc1ccc(COC(=O)CCC(Cc2ccc(OC)cc2)NC(=O)N[C@@H](CCCC[N-]OS(=O)(=O)c2ccc(C)cc2)C(=O)OCc2ccc(OC)cc2)cc1. The van der Waals surface area contributed by atoms with Gasteiger partial charge in [0.15, 0.2) is 0 Å². The third kappa shape index (κ3) is 15.4. The second-order valence-electron chi connectivity index (χ2n) is 13.1. The van der Waals surface area contributed by atoms with Gasteiger partial charge >= 0.3 is 18.0 Å². The first-order chi connectivity index (χ1) is 27.5. The summed E-state index contributed by atoms with van der Waals surface area (Å²) >= 11 is 0. The van der Waals surface area contributed by atoms with Crippen molar-refractivity contribution in [3.05, 3.63) is 125 Å². The molecule has 4 aromatic rings. The molecule has 306 valence electrons. The molecule has 4 rings (SSSR count). The molecular formula is C42H50N3O11S-. The molecule has 0 spiro atoms. The molecule has 0 heterocycles. The van der Waals surface area contributed by atoms with E-state index in [1.165, 1.54) is 12.1 Å². The number of hydrogen-bond donors (Lipinski definition) is 2. The molecule has 0 aliphatic rings. The number of carbonyl (C=O) groups excluding carboxylic acids is 3. The molecule has 2 N–H and O–H groups in total. The summed E-state index contributed by atoms with van der Waals surface area (Å²) in [6.45, 7) is 1.92. The van der Waals surface area contributed by atoms with Crippen LogP contribution in [0.15, 0.2) is 102 Å².